The van der Waals surface area contributed by atoms with Gasteiger partial charge >= 0.3 is 0 Å². The lowest BCUT2D eigenvalue weighted by Gasteiger charge is -2.33. The number of benzene rings is 1. The van der Waals surface area contributed by atoms with Crippen LogP contribution in [0.2, 0.25) is 0 Å². The highest BCUT2D eigenvalue weighted by Gasteiger charge is 2.25. The van der Waals surface area contributed by atoms with Gasteiger partial charge in [0.05, 0.1) is 6.54 Å². The number of carbonyl (C=O) groups excluding carboxylic acids is 1. The minimum Gasteiger partial charge on any atom is -0.350 e. The van der Waals surface area contributed by atoms with Gasteiger partial charge in [0, 0.05) is 44.6 Å². The van der Waals surface area contributed by atoms with Crippen molar-refractivity contribution in [3.05, 3.63) is 53.9 Å². The summed E-state index contributed by atoms with van der Waals surface area (Å²) >= 11 is 0. The molecule has 1 fully saturated rings. The second kappa shape index (κ2) is 7.19. The summed E-state index contributed by atoms with van der Waals surface area (Å²) in [5, 5.41) is 3.19. The monoisotopic (exact) mass is 337 g/mol. The average Bonchev–Trinajstić information content (AvgIpc) is 3.04. The van der Waals surface area contributed by atoms with E-state index in [-0.39, 0.29) is 11.9 Å². The molecular weight excluding hydrogens is 314 g/mol. The first-order chi connectivity index (χ1) is 12.3. The molecule has 130 valence electrons. The zero-order valence-corrected chi connectivity index (χ0v) is 14.3. The maximum absolute atomic E-state index is 12.5. The van der Waals surface area contributed by atoms with Crippen molar-refractivity contribution in [1.82, 2.24) is 20.2 Å². The van der Waals surface area contributed by atoms with E-state index in [1.54, 1.807) is 12.4 Å². The highest BCUT2D eigenvalue weighted by atomic mass is 16.2. The third-order valence-corrected chi connectivity index (χ3v) is 4.89. The molecule has 1 N–H and O–H groups in total. The van der Waals surface area contributed by atoms with Gasteiger partial charge in [0.15, 0.2) is 0 Å². The molecule has 25 heavy (non-hydrogen) atoms. The standard InChI is InChI=1S/C19H23N5O/c25-18(14-23-11-15-5-1-2-6-16(15)12-23)22-17-7-3-10-24(13-17)19-20-8-4-9-21-19/h1-2,4-6,8-9,17H,3,7,10-14H2,(H,22,25)/t17-/m1/s1. The van der Waals surface area contributed by atoms with Gasteiger partial charge in [-0.25, -0.2) is 9.97 Å². The van der Waals surface area contributed by atoms with Crippen molar-refractivity contribution in [2.75, 3.05) is 24.5 Å². The molecule has 3 heterocycles. The van der Waals surface area contributed by atoms with E-state index in [1.807, 2.05) is 6.07 Å². The van der Waals surface area contributed by atoms with Crippen molar-refractivity contribution in [2.45, 2.75) is 32.0 Å². The number of fused-ring (bicyclic) bond motifs is 1. The van der Waals surface area contributed by atoms with Crippen LogP contribution < -0.4 is 10.2 Å². The first-order valence-corrected chi connectivity index (χ1v) is 8.88. The maximum Gasteiger partial charge on any atom is 0.234 e. The highest BCUT2D eigenvalue weighted by Crippen LogP contribution is 2.21. The molecule has 2 aliphatic rings. The fourth-order valence-electron chi connectivity index (χ4n) is 3.72. The summed E-state index contributed by atoms with van der Waals surface area (Å²) in [5.41, 5.74) is 2.67. The van der Waals surface area contributed by atoms with Gasteiger partial charge in [0.1, 0.15) is 0 Å². The Labute approximate surface area is 147 Å². The summed E-state index contributed by atoms with van der Waals surface area (Å²) in [7, 11) is 0. The lowest BCUT2D eigenvalue weighted by Crippen LogP contribution is -2.50. The van der Waals surface area contributed by atoms with Crippen LogP contribution >= 0.6 is 0 Å². The second-order valence-corrected chi connectivity index (χ2v) is 6.82. The van der Waals surface area contributed by atoms with E-state index in [0.717, 1.165) is 45.0 Å². The first-order valence-electron chi connectivity index (χ1n) is 8.88. The van der Waals surface area contributed by atoms with Crippen LogP contribution in [0.5, 0.6) is 0 Å². The third kappa shape index (κ3) is 3.79. The van der Waals surface area contributed by atoms with E-state index in [1.165, 1.54) is 11.1 Å². The second-order valence-electron chi connectivity index (χ2n) is 6.82. The molecule has 0 bridgehead atoms. The molecule has 0 radical (unpaired) electrons. The van der Waals surface area contributed by atoms with E-state index in [9.17, 15) is 4.79 Å². The van der Waals surface area contributed by atoms with Crippen LogP contribution in [0.1, 0.15) is 24.0 Å². The molecular formula is C19H23N5O. The van der Waals surface area contributed by atoms with E-state index in [0.29, 0.717) is 6.54 Å². The topological polar surface area (TPSA) is 61.4 Å². The van der Waals surface area contributed by atoms with Crippen molar-refractivity contribution >= 4 is 11.9 Å². The summed E-state index contributed by atoms with van der Waals surface area (Å²) in [6.07, 6.45) is 5.57. The Morgan fingerprint density at radius 2 is 1.84 bits per heavy atom. The van der Waals surface area contributed by atoms with Crippen LogP contribution in [0.3, 0.4) is 0 Å². The number of hydrogen-bond acceptors (Lipinski definition) is 5. The van der Waals surface area contributed by atoms with Gasteiger partial charge in [-0.05, 0) is 30.0 Å². The SMILES string of the molecule is O=C(CN1Cc2ccccc2C1)N[C@@H]1CCCN(c2ncccn2)C1. The summed E-state index contributed by atoms with van der Waals surface area (Å²) in [4.78, 5) is 25.4. The van der Waals surface area contributed by atoms with Crippen molar-refractivity contribution in [3.63, 3.8) is 0 Å². The lowest BCUT2D eigenvalue weighted by atomic mass is 10.1. The number of nitrogens with one attached hydrogen (secondary N) is 1. The number of anilines is 1. The van der Waals surface area contributed by atoms with Crippen LogP contribution in [0, 0.1) is 0 Å². The van der Waals surface area contributed by atoms with E-state index >= 15 is 0 Å². The normalized spacial score (nSPS) is 20.3. The quantitative estimate of drug-likeness (QED) is 0.918. The Hall–Kier alpha value is -2.47. The van der Waals surface area contributed by atoms with Crippen LogP contribution in [0.15, 0.2) is 42.7 Å². The number of carbonyl (C=O) groups is 1. The van der Waals surface area contributed by atoms with Crippen LogP contribution in [0.4, 0.5) is 5.95 Å². The minimum absolute atomic E-state index is 0.105. The number of rotatable bonds is 4. The van der Waals surface area contributed by atoms with Crippen LogP contribution in [-0.2, 0) is 17.9 Å². The molecule has 1 atom stereocenters. The molecule has 0 spiro atoms. The van der Waals surface area contributed by atoms with Gasteiger partial charge in [0.2, 0.25) is 11.9 Å². The zero-order valence-electron chi connectivity index (χ0n) is 14.3. The summed E-state index contributed by atoms with van der Waals surface area (Å²) in [6.45, 7) is 3.89. The van der Waals surface area contributed by atoms with Gasteiger partial charge < -0.3 is 10.2 Å². The number of amides is 1. The fraction of sp³-hybridized carbons (Fsp3) is 0.421. The van der Waals surface area contributed by atoms with Gasteiger partial charge in [-0.1, -0.05) is 24.3 Å². The summed E-state index contributed by atoms with van der Waals surface area (Å²) < 4.78 is 0. The molecule has 0 saturated carbocycles. The Kier molecular flexibility index (Phi) is 4.61. The molecule has 1 aromatic carbocycles. The lowest BCUT2D eigenvalue weighted by molar-refractivity contribution is -0.123. The molecule has 2 aliphatic heterocycles. The van der Waals surface area contributed by atoms with E-state index < -0.39 is 0 Å². The Morgan fingerprint density at radius 3 is 2.56 bits per heavy atom. The third-order valence-electron chi connectivity index (χ3n) is 4.89. The predicted octanol–water partition coefficient (Wildman–Crippen LogP) is 1.58. The van der Waals surface area contributed by atoms with Gasteiger partial charge in [-0.15, -0.1) is 0 Å². The molecule has 1 aromatic heterocycles. The largest absolute Gasteiger partial charge is 0.350 e. The molecule has 0 aliphatic carbocycles. The van der Waals surface area contributed by atoms with Gasteiger partial charge in [-0.3, -0.25) is 9.69 Å². The van der Waals surface area contributed by atoms with Crippen molar-refractivity contribution < 1.29 is 4.79 Å². The molecule has 6 heteroatoms. The Morgan fingerprint density at radius 1 is 1.12 bits per heavy atom. The molecule has 0 unspecified atom stereocenters. The fourth-order valence-corrected chi connectivity index (χ4v) is 3.72. The number of aromatic nitrogens is 2. The summed E-state index contributed by atoms with van der Waals surface area (Å²) in [5.74, 6) is 0.852. The van der Waals surface area contributed by atoms with Crippen molar-refractivity contribution in [2.24, 2.45) is 0 Å². The molecule has 4 rings (SSSR count). The molecule has 2 aromatic rings. The number of piperidine rings is 1. The summed E-state index contributed by atoms with van der Waals surface area (Å²) in [6, 6.07) is 10.4. The zero-order chi connectivity index (χ0) is 17.1. The highest BCUT2D eigenvalue weighted by molar-refractivity contribution is 5.78. The average molecular weight is 337 g/mol. The van der Waals surface area contributed by atoms with Crippen LogP contribution in [-0.4, -0.2) is 46.5 Å². The molecule has 1 saturated heterocycles. The van der Waals surface area contributed by atoms with E-state index in [2.05, 4.69) is 49.4 Å². The number of nitrogens with zero attached hydrogens (tertiary/aromatic N) is 4. The van der Waals surface area contributed by atoms with E-state index in [4.69, 9.17) is 0 Å². The molecule has 1 amide bonds. The first kappa shape index (κ1) is 16.0. The molecule has 6 nitrogen and oxygen atoms in total. The van der Waals surface area contributed by atoms with Crippen molar-refractivity contribution in [3.8, 4) is 0 Å². The minimum atomic E-state index is 0.105. The van der Waals surface area contributed by atoms with Crippen LogP contribution in [0.25, 0.3) is 0 Å². The van der Waals surface area contributed by atoms with Gasteiger partial charge in [0.25, 0.3) is 0 Å². The van der Waals surface area contributed by atoms with Crippen molar-refractivity contribution in [1.29, 1.82) is 0 Å². The Balaban J connectivity index is 1.29. The Bertz CT molecular complexity index is 711. The van der Waals surface area contributed by atoms with Gasteiger partial charge in [-0.2, -0.15) is 0 Å². The predicted molar refractivity (Wildman–Crippen MR) is 96.0 cm³/mol. The maximum atomic E-state index is 12.5. The number of hydrogen-bond donors (Lipinski definition) is 1. The smallest absolute Gasteiger partial charge is 0.234 e.